The van der Waals surface area contributed by atoms with Crippen LogP contribution in [0.25, 0.3) is 11.0 Å². The van der Waals surface area contributed by atoms with Gasteiger partial charge in [-0.05, 0) is 30.2 Å². The Balaban J connectivity index is 1.82. The molecule has 0 aliphatic carbocycles. The molecule has 21 heavy (non-hydrogen) atoms. The van der Waals surface area contributed by atoms with Gasteiger partial charge in [0, 0.05) is 24.3 Å². The minimum Gasteiger partial charge on any atom is -0.394 e. The fraction of sp³-hybridized carbons (Fsp3) is 0.235. The second-order valence-corrected chi connectivity index (χ2v) is 5.42. The third-order valence-electron chi connectivity index (χ3n) is 3.93. The first-order valence-electron chi connectivity index (χ1n) is 7.05. The monoisotopic (exact) mass is 281 g/mol. The molecule has 0 saturated heterocycles. The van der Waals surface area contributed by atoms with Gasteiger partial charge >= 0.3 is 0 Å². The normalized spacial score (nSPS) is 14.2. The molecule has 0 aliphatic rings. The lowest BCUT2D eigenvalue weighted by Gasteiger charge is -2.29. The van der Waals surface area contributed by atoms with E-state index in [1.165, 1.54) is 0 Å². The summed E-state index contributed by atoms with van der Waals surface area (Å²) in [5, 5.41) is 14.4. The second kappa shape index (κ2) is 5.68. The highest BCUT2D eigenvalue weighted by Gasteiger charge is 2.25. The fourth-order valence-corrected chi connectivity index (χ4v) is 2.50. The Kier molecular flexibility index (Phi) is 3.73. The Hall–Kier alpha value is -2.17. The molecule has 0 fully saturated rings. The smallest absolute Gasteiger partial charge is 0.137 e. The lowest BCUT2D eigenvalue weighted by atomic mass is 9.92. The molecule has 1 aromatic carbocycles. The Morgan fingerprint density at radius 3 is 2.76 bits per heavy atom. The van der Waals surface area contributed by atoms with Gasteiger partial charge in [-0.3, -0.25) is 0 Å². The highest BCUT2D eigenvalue weighted by Crippen LogP contribution is 2.22. The van der Waals surface area contributed by atoms with E-state index in [2.05, 4.69) is 21.4 Å². The van der Waals surface area contributed by atoms with Crippen molar-refractivity contribution in [3.05, 3.63) is 66.0 Å². The lowest BCUT2D eigenvalue weighted by Crippen LogP contribution is -2.42. The molecule has 108 valence electrons. The number of aliphatic hydroxyl groups is 1. The molecule has 1 atom stereocenters. The van der Waals surface area contributed by atoms with Crippen molar-refractivity contribution in [3.8, 4) is 0 Å². The van der Waals surface area contributed by atoms with Crippen molar-refractivity contribution in [1.82, 2.24) is 15.3 Å². The molecular weight excluding hydrogens is 262 g/mol. The number of H-pyrrole nitrogens is 1. The average Bonchev–Trinajstić information content (AvgIpc) is 2.97. The van der Waals surface area contributed by atoms with Crippen LogP contribution in [0.3, 0.4) is 0 Å². The summed E-state index contributed by atoms with van der Waals surface area (Å²) in [6.45, 7) is 2.71. The number of pyridine rings is 1. The summed E-state index contributed by atoms with van der Waals surface area (Å²) in [5.74, 6) is 0. The van der Waals surface area contributed by atoms with E-state index in [9.17, 15) is 5.11 Å². The van der Waals surface area contributed by atoms with Crippen molar-refractivity contribution in [1.29, 1.82) is 0 Å². The van der Waals surface area contributed by atoms with E-state index >= 15 is 0 Å². The first-order valence-corrected chi connectivity index (χ1v) is 7.05. The first-order chi connectivity index (χ1) is 10.2. The molecule has 0 aliphatic heterocycles. The van der Waals surface area contributed by atoms with Gasteiger partial charge in [0.05, 0.1) is 12.1 Å². The predicted octanol–water partition coefficient (Wildman–Crippen LogP) is 2.56. The highest BCUT2D eigenvalue weighted by atomic mass is 16.3. The minimum atomic E-state index is -0.465. The summed E-state index contributed by atoms with van der Waals surface area (Å²) >= 11 is 0. The molecule has 0 spiro atoms. The van der Waals surface area contributed by atoms with Gasteiger partial charge in [0.1, 0.15) is 5.65 Å². The van der Waals surface area contributed by atoms with E-state index in [1.807, 2.05) is 49.5 Å². The van der Waals surface area contributed by atoms with Gasteiger partial charge in [-0.1, -0.05) is 30.3 Å². The van der Waals surface area contributed by atoms with Gasteiger partial charge in [0.15, 0.2) is 0 Å². The van der Waals surface area contributed by atoms with Crippen LogP contribution in [0.2, 0.25) is 0 Å². The molecule has 2 aromatic heterocycles. The highest BCUT2D eigenvalue weighted by molar-refractivity contribution is 5.79. The van der Waals surface area contributed by atoms with E-state index in [-0.39, 0.29) is 6.61 Å². The Morgan fingerprint density at radius 1 is 1.19 bits per heavy atom. The summed E-state index contributed by atoms with van der Waals surface area (Å²) < 4.78 is 0. The topological polar surface area (TPSA) is 60.9 Å². The van der Waals surface area contributed by atoms with Crippen molar-refractivity contribution in [2.75, 3.05) is 6.61 Å². The maximum Gasteiger partial charge on any atom is 0.137 e. The standard InChI is InChI=1S/C17H19N3O/c1-17(12-21,14-6-3-2-4-7-14)20-11-13-10-19-16-15(13)8-5-9-18-16/h2-10,20-21H,11-12H2,1H3,(H,18,19). The number of hydrogen-bond donors (Lipinski definition) is 3. The summed E-state index contributed by atoms with van der Waals surface area (Å²) in [4.78, 5) is 7.46. The van der Waals surface area contributed by atoms with Crippen LogP contribution in [0, 0.1) is 0 Å². The SMILES string of the molecule is CC(CO)(NCc1c[nH]c2ncccc12)c1ccccc1. The van der Waals surface area contributed by atoms with Crippen LogP contribution in [0.4, 0.5) is 0 Å². The molecule has 1 unspecified atom stereocenters. The van der Waals surface area contributed by atoms with Crippen LogP contribution in [-0.2, 0) is 12.1 Å². The largest absolute Gasteiger partial charge is 0.394 e. The predicted molar refractivity (Wildman–Crippen MR) is 83.8 cm³/mol. The van der Waals surface area contributed by atoms with E-state index in [1.54, 1.807) is 6.20 Å². The Bertz CT molecular complexity index is 723. The second-order valence-electron chi connectivity index (χ2n) is 5.42. The average molecular weight is 281 g/mol. The molecule has 4 nitrogen and oxygen atoms in total. The summed E-state index contributed by atoms with van der Waals surface area (Å²) in [6.07, 6.45) is 3.74. The number of nitrogens with zero attached hydrogens (tertiary/aromatic N) is 1. The van der Waals surface area contributed by atoms with E-state index in [0.717, 1.165) is 22.2 Å². The van der Waals surface area contributed by atoms with Crippen LogP contribution in [0.15, 0.2) is 54.9 Å². The van der Waals surface area contributed by atoms with Crippen molar-refractivity contribution in [2.45, 2.75) is 19.0 Å². The van der Waals surface area contributed by atoms with Gasteiger partial charge in [0.2, 0.25) is 0 Å². The summed E-state index contributed by atoms with van der Waals surface area (Å²) in [5.41, 5.74) is 2.64. The van der Waals surface area contributed by atoms with Gasteiger partial charge in [-0.25, -0.2) is 4.98 Å². The summed E-state index contributed by atoms with van der Waals surface area (Å²) in [6, 6.07) is 14.0. The number of aliphatic hydroxyl groups excluding tert-OH is 1. The van der Waals surface area contributed by atoms with Gasteiger partial charge in [-0.15, -0.1) is 0 Å². The van der Waals surface area contributed by atoms with Gasteiger partial charge in [-0.2, -0.15) is 0 Å². The molecule has 0 amide bonds. The Labute approximate surface area is 123 Å². The number of nitrogens with one attached hydrogen (secondary N) is 2. The molecular formula is C17H19N3O. The molecule has 2 heterocycles. The minimum absolute atomic E-state index is 0.0393. The van der Waals surface area contributed by atoms with Crippen LogP contribution in [0.5, 0.6) is 0 Å². The van der Waals surface area contributed by atoms with Gasteiger partial charge in [0.25, 0.3) is 0 Å². The third kappa shape index (κ3) is 2.68. The quantitative estimate of drug-likeness (QED) is 0.673. The summed E-state index contributed by atoms with van der Waals surface area (Å²) in [7, 11) is 0. The lowest BCUT2D eigenvalue weighted by molar-refractivity contribution is 0.173. The number of aromatic amines is 1. The molecule has 3 N–H and O–H groups in total. The number of hydrogen-bond acceptors (Lipinski definition) is 3. The first kappa shape index (κ1) is 13.8. The fourth-order valence-electron chi connectivity index (χ4n) is 2.50. The van der Waals surface area contributed by atoms with Crippen molar-refractivity contribution in [3.63, 3.8) is 0 Å². The van der Waals surface area contributed by atoms with E-state index < -0.39 is 5.54 Å². The van der Waals surface area contributed by atoms with Crippen LogP contribution >= 0.6 is 0 Å². The zero-order valence-corrected chi connectivity index (χ0v) is 12.0. The van der Waals surface area contributed by atoms with Crippen molar-refractivity contribution >= 4 is 11.0 Å². The maximum atomic E-state index is 9.80. The molecule has 0 radical (unpaired) electrons. The molecule has 4 heteroatoms. The zero-order chi connectivity index (χ0) is 14.7. The van der Waals surface area contributed by atoms with Gasteiger partial charge < -0.3 is 15.4 Å². The maximum absolute atomic E-state index is 9.80. The molecule has 0 saturated carbocycles. The van der Waals surface area contributed by atoms with E-state index in [4.69, 9.17) is 0 Å². The zero-order valence-electron chi connectivity index (χ0n) is 12.0. The van der Waals surface area contributed by atoms with Crippen LogP contribution in [0.1, 0.15) is 18.1 Å². The molecule has 0 bridgehead atoms. The number of rotatable bonds is 5. The number of benzene rings is 1. The van der Waals surface area contributed by atoms with Crippen molar-refractivity contribution < 1.29 is 5.11 Å². The van der Waals surface area contributed by atoms with Crippen LogP contribution < -0.4 is 5.32 Å². The van der Waals surface area contributed by atoms with Crippen LogP contribution in [-0.4, -0.2) is 21.7 Å². The molecule has 3 rings (SSSR count). The van der Waals surface area contributed by atoms with E-state index in [0.29, 0.717) is 6.54 Å². The van der Waals surface area contributed by atoms with Crippen molar-refractivity contribution in [2.24, 2.45) is 0 Å². The molecule has 3 aromatic rings. The third-order valence-corrected chi connectivity index (χ3v) is 3.93. The number of fused-ring (bicyclic) bond motifs is 1. The number of aromatic nitrogens is 2. The Morgan fingerprint density at radius 2 is 2.00 bits per heavy atom.